The van der Waals surface area contributed by atoms with Crippen LogP contribution < -0.4 is 5.73 Å². The van der Waals surface area contributed by atoms with E-state index in [-0.39, 0.29) is 6.04 Å². The fourth-order valence-corrected chi connectivity index (χ4v) is 2.04. The van der Waals surface area contributed by atoms with E-state index in [2.05, 4.69) is 10.1 Å². The van der Waals surface area contributed by atoms with E-state index < -0.39 is 0 Å². The van der Waals surface area contributed by atoms with E-state index in [1.807, 2.05) is 35.0 Å². The number of rotatable bonds is 1. The molecule has 16 heavy (non-hydrogen) atoms. The standard InChI is InChI=1S/C12H14N4/c13-10-6-7-11-14-12(15-16(11)8-10)9-4-2-1-3-5-9/h1-5,10H,6-8,13H2. The lowest BCUT2D eigenvalue weighted by Crippen LogP contribution is -2.32. The van der Waals surface area contributed by atoms with E-state index in [0.29, 0.717) is 0 Å². The fourth-order valence-electron chi connectivity index (χ4n) is 2.04. The first-order chi connectivity index (χ1) is 7.83. The van der Waals surface area contributed by atoms with Crippen LogP contribution in [0.3, 0.4) is 0 Å². The molecule has 1 atom stereocenters. The summed E-state index contributed by atoms with van der Waals surface area (Å²) in [5.41, 5.74) is 6.98. The minimum atomic E-state index is 0.220. The number of hydrogen-bond acceptors (Lipinski definition) is 3. The molecule has 1 aromatic carbocycles. The molecule has 82 valence electrons. The molecule has 4 heteroatoms. The summed E-state index contributed by atoms with van der Waals surface area (Å²) in [5.74, 6) is 1.87. The number of nitrogens with zero attached hydrogens (tertiary/aromatic N) is 3. The second-order valence-corrected chi connectivity index (χ2v) is 4.20. The van der Waals surface area contributed by atoms with Crippen LogP contribution >= 0.6 is 0 Å². The maximum absolute atomic E-state index is 5.91. The quantitative estimate of drug-likeness (QED) is 0.776. The van der Waals surface area contributed by atoms with Crippen molar-refractivity contribution in [2.24, 2.45) is 5.73 Å². The van der Waals surface area contributed by atoms with Crippen LogP contribution in [-0.4, -0.2) is 20.8 Å². The lowest BCUT2D eigenvalue weighted by Gasteiger charge is -2.17. The molecule has 0 saturated carbocycles. The highest BCUT2D eigenvalue weighted by molar-refractivity contribution is 5.54. The Morgan fingerprint density at radius 2 is 2.06 bits per heavy atom. The Bertz CT molecular complexity index is 489. The maximum Gasteiger partial charge on any atom is 0.181 e. The summed E-state index contributed by atoms with van der Waals surface area (Å²) in [6.07, 6.45) is 1.94. The first-order valence-electron chi connectivity index (χ1n) is 5.57. The van der Waals surface area contributed by atoms with Gasteiger partial charge in [-0.2, -0.15) is 5.10 Å². The number of aromatic nitrogens is 3. The van der Waals surface area contributed by atoms with Crippen molar-refractivity contribution in [3.63, 3.8) is 0 Å². The number of fused-ring (bicyclic) bond motifs is 1. The van der Waals surface area contributed by atoms with Crippen LogP contribution in [0.25, 0.3) is 11.4 Å². The third kappa shape index (κ3) is 1.61. The lowest BCUT2D eigenvalue weighted by molar-refractivity contribution is 0.422. The molecule has 0 fully saturated rings. The highest BCUT2D eigenvalue weighted by atomic mass is 15.4. The Balaban J connectivity index is 1.99. The van der Waals surface area contributed by atoms with Crippen LogP contribution in [0.15, 0.2) is 30.3 Å². The summed E-state index contributed by atoms with van der Waals surface area (Å²) >= 11 is 0. The van der Waals surface area contributed by atoms with Gasteiger partial charge in [-0.25, -0.2) is 9.67 Å². The van der Waals surface area contributed by atoms with Gasteiger partial charge in [0.05, 0.1) is 6.54 Å². The molecule has 4 nitrogen and oxygen atoms in total. The van der Waals surface area contributed by atoms with Crippen molar-refractivity contribution in [3.05, 3.63) is 36.2 Å². The average molecular weight is 214 g/mol. The molecule has 0 radical (unpaired) electrons. The van der Waals surface area contributed by atoms with Crippen molar-refractivity contribution in [2.75, 3.05) is 0 Å². The fraction of sp³-hybridized carbons (Fsp3) is 0.333. The molecule has 2 aromatic rings. The lowest BCUT2D eigenvalue weighted by atomic mass is 10.1. The number of benzene rings is 1. The normalized spacial score (nSPS) is 19.4. The van der Waals surface area contributed by atoms with Crippen molar-refractivity contribution in [1.82, 2.24) is 14.8 Å². The first-order valence-corrected chi connectivity index (χ1v) is 5.57. The van der Waals surface area contributed by atoms with E-state index in [9.17, 15) is 0 Å². The van der Waals surface area contributed by atoms with Gasteiger partial charge in [0.15, 0.2) is 5.82 Å². The second-order valence-electron chi connectivity index (χ2n) is 4.20. The van der Waals surface area contributed by atoms with Gasteiger partial charge in [0.2, 0.25) is 0 Å². The van der Waals surface area contributed by atoms with Crippen molar-refractivity contribution in [1.29, 1.82) is 0 Å². The third-order valence-corrected chi connectivity index (χ3v) is 2.93. The second kappa shape index (κ2) is 3.72. The Kier molecular flexibility index (Phi) is 2.22. The van der Waals surface area contributed by atoms with Crippen molar-refractivity contribution in [2.45, 2.75) is 25.4 Å². The molecule has 2 heterocycles. The molecule has 0 aliphatic carbocycles. The van der Waals surface area contributed by atoms with E-state index in [1.165, 1.54) is 0 Å². The molecule has 0 amide bonds. The monoisotopic (exact) mass is 214 g/mol. The molecular weight excluding hydrogens is 200 g/mol. The SMILES string of the molecule is NC1CCc2nc(-c3ccccc3)nn2C1. The highest BCUT2D eigenvalue weighted by Gasteiger charge is 2.19. The highest BCUT2D eigenvalue weighted by Crippen LogP contribution is 2.18. The van der Waals surface area contributed by atoms with Gasteiger partial charge in [0, 0.05) is 18.0 Å². The van der Waals surface area contributed by atoms with Crippen molar-refractivity contribution >= 4 is 0 Å². The zero-order valence-electron chi connectivity index (χ0n) is 9.00. The number of nitrogens with two attached hydrogens (primary N) is 1. The minimum Gasteiger partial charge on any atom is -0.326 e. The first kappa shape index (κ1) is 9.54. The number of hydrogen-bond donors (Lipinski definition) is 1. The summed E-state index contributed by atoms with van der Waals surface area (Å²) in [5, 5.41) is 4.50. The summed E-state index contributed by atoms with van der Waals surface area (Å²) in [6, 6.07) is 10.3. The summed E-state index contributed by atoms with van der Waals surface area (Å²) < 4.78 is 1.94. The number of aryl methyl sites for hydroxylation is 1. The van der Waals surface area contributed by atoms with Crippen LogP contribution in [0, 0.1) is 0 Å². The van der Waals surface area contributed by atoms with Gasteiger partial charge in [-0.3, -0.25) is 0 Å². The summed E-state index contributed by atoms with van der Waals surface area (Å²) in [4.78, 5) is 4.55. The van der Waals surface area contributed by atoms with E-state index in [0.717, 1.165) is 36.6 Å². The molecule has 1 aromatic heterocycles. The van der Waals surface area contributed by atoms with Gasteiger partial charge in [-0.05, 0) is 6.42 Å². The predicted octanol–water partition coefficient (Wildman–Crippen LogP) is 1.22. The molecule has 1 aliphatic rings. The van der Waals surface area contributed by atoms with Gasteiger partial charge in [-0.15, -0.1) is 0 Å². The van der Waals surface area contributed by atoms with Crippen LogP contribution in [0.4, 0.5) is 0 Å². The van der Waals surface area contributed by atoms with Gasteiger partial charge < -0.3 is 5.73 Å². The maximum atomic E-state index is 5.91. The molecule has 0 saturated heterocycles. The molecular formula is C12H14N4. The topological polar surface area (TPSA) is 56.7 Å². The van der Waals surface area contributed by atoms with Crippen molar-refractivity contribution in [3.8, 4) is 11.4 Å². The van der Waals surface area contributed by atoms with Crippen LogP contribution in [0.1, 0.15) is 12.2 Å². The zero-order valence-corrected chi connectivity index (χ0v) is 9.00. The Morgan fingerprint density at radius 3 is 2.88 bits per heavy atom. The molecule has 2 N–H and O–H groups in total. The minimum absolute atomic E-state index is 0.220. The predicted molar refractivity (Wildman–Crippen MR) is 61.8 cm³/mol. The van der Waals surface area contributed by atoms with Gasteiger partial charge in [0.1, 0.15) is 5.82 Å². The molecule has 0 bridgehead atoms. The van der Waals surface area contributed by atoms with Crippen LogP contribution in [0.5, 0.6) is 0 Å². The third-order valence-electron chi connectivity index (χ3n) is 2.93. The average Bonchev–Trinajstić information content (AvgIpc) is 2.73. The summed E-state index contributed by atoms with van der Waals surface area (Å²) in [6.45, 7) is 0.787. The van der Waals surface area contributed by atoms with Gasteiger partial charge in [0.25, 0.3) is 0 Å². The largest absolute Gasteiger partial charge is 0.326 e. The molecule has 0 spiro atoms. The molecule has 1 aliphatic heterocycles. The van der Waals surface area contributed by atoms with Crippen LogP contribution in [-0.2, 0) is 13.0 Å². The smallest absolute Gasteiger partial charge is 0.181 e. The van der Waals surface area contributed by atoms with Crippen LogP contribution in [0.2, 0.25) is 0 Å². The zero-order chi connectivity index (χ0) is 11.0. The van der Waals surface area contributed by atoms with Gasteiger partial charge in [-0.1, -0.05) is 30.3 Å². The molecule has 1 unspecified atom stereocenters. The Hall–Kier alpha value is -1.68. The van der Waals surface area contributed by atoms with E-state index in [4.69, 9.17) is 5.73 Å². The van der Waals surface area contributed by atoms with E-state index in [1.54, 1.807) is 0 Å². The summed E-state index contributed by atoms with van der Waals surface area (Å²) in [7, 11) is 0. The van der Waals surface area contributed by atoms with Gasteiger partial charge >= 0.3 is 0 Å². The van der Waals surface area contributed by atoms with E-state index >= 15 is 0 Å². The Labute approximate surface area is 94.1 Å². The Morgan fingerprint density at radius 1 is 1.25 bits per heavy atom. The molecule has 3 rings (SSSR count). The van der Waals surface area contributed by atoms with Crippen molar-refractivity contribution < 1.29 is 0 Å².